The summed E-state index contributed by atoms with van der Waals surface area (Å²) in [5.41, 5.74) is 2.62. The molecule has 0 spiro atoms. The topological polar surface area (TPSA) is 49.3 Å². The Morgan fingerprint density at radius 2 is 1.60 bits per heavy atom. The Hall–Kier alpha value is -2.55. The molecule has 0 saturated carbocycles. The van der Waals surface area contributed by atoms with Crippen LogP contribution in [-0.4, -0.2) is 11.1 Å². The van der Waals surface area contributed by atoms with E-state index < -0.39 is 5.97 Å². The third-order valence-corrected chi connectivity index (χ3v) is 3.05. The van der Waals surface area contributed by atoms with Crippen LogP contribution in [0.1, 0.15) is 23.6 Å². The number of carbonyl (C=O) groups is 1. The fraction of sp³-hybridized carbons (Fsp3) is 0.118. The highest BCUT2D eigenvalue weighted by Crippen LogP contribution is 2.21. The van der Waals surface area contributed by atoms with Gasteiger partial charge >= 0.3 is 5.97 Å². The van der Waals surface area contributed by atoms with E-state index in [1.165, 1.54) is 0 Å². The number of carboxylic acids is 1. The van der Waals surface area contributed by atoms with Crippen LogP contribution in [-0.2, 0) is 4.79 Å². The van der Waals surface area contributed by atoms with E-state index in [0.717, 1.165) is 16.8 Å². The Morgan fingerprint density at radius 3 is 2.15 bits per heavy atom. The minimum Gasteiger partial charge on any atom is -0.481 e. The van der Waals surface area contributed by atoms with Gasteiger partial charge in [0.2, 0.25) is 0 Å². The Balaban J connectivity index is 2.16. The summed E-state index contributed by atoms with van der Waals surface area (Å²) in [7, 11) is 0. The molecule has 3 heteroatoms. The summed E-state index contributed by atoms with van der Waals surface area (Å²) in [5.74, 6) is -0.841. The van der Waals surface area contributed by atoms with Crippen LogP contribution in [0, 0.1) is 0 Å². The summed E-state index contributed by atoms with van der Waals surface area (Å²) in [6.07, 6.45) is 0.00979. The van der Waals surface area contributed by atoms with Gasteiger partial charge in [-0.2, -0.15) is 0 Å². The number of hydrogen-bond acceptors (Lipinski definition) is 2. The minimum absolute atomic E-state index is 0.00979. The summed E-state index contributed by atoms with van der Waals surface area (Å²) in [6.45, 7) is 3.99. The molecule has 3 nitrogen and oxygen atoms in total. The first-order valence-corrected chi connectivity index (χ1v) is 6.44. The summed E-state index contributed by atoms with van der Waals surface area (Å²) in [6, 6.07) is 18.9. The van der Waals surface area contributed by atoms with Crippen LogP contribution in [0.5, 0.6) is 0 Å². The van der Waals surface area contributed by atoms with Crippen molar-refractivity contribution in [3.8, 4) is 0 Å². The van der Waals surface area contributed by atoms with Crippen LogP contribution in [0.25, 0.3) is 5.70 Å². The van der Waals surface area contributed by atoms with E-state index in [9.17, 15) is 4.79 Å². The smallest absolute Gasteiger partial charge is 0.305 e. The molecule has 0 radical (unpaired) electrons. The molecule has 0 amide bonds. The third kappa shape index (κ3) is 3.72. The highest BCUT2D eigenvalue weighted by atomic mass is 16.4. The van der Waals surface area contributed by atoms with Gasteiger partial charge in [0.1, 0.15) is 0 Å². The highest BCUT2D eigenvalue weighted by molar-refractivity contribution is 5.69. The molecule has 2 aromatic rings. The number of benzene rings is 2. The maximum atomic E-state index is 11.0. The summed E-state index contributed by atoms with van der Waals surface area (Å²) >= 11 is 0. The average molecular weight is 267 g/mol. The molecule has 0 heterocycles. The van der Waals surface area contributed by atoms with Gasteiger partial charge in [0.25, 0.3) is 0 Å². The van der Waals surface area contributed by atoms with Crippen molar-refractivity contribution in [3.05, 3.63) is 78.4 Å². The quantitative estimate of drug-likeness (QED) is 0.842. The second-order valence-electron chi connectivity index (χ2n) is 4.55. The van der Waals surface area contributed by atoms with Crippen molar-refractivity contribution >= 4 is 11.7 Å². The van der Waals surface area contributed by atoms with E-state index in [4.69, 9.17) is 5.11 Å². The zero-order valence-electron chi connectivity index (χ0n) is 11.1. The largest absolute Gasteiger partial charge is 0.481 e. The van der Waals surface area contributed by atoms with Gasteiger partial charge in [-0.15, -0.1) is 0 Å². The highest BCUT2D eigenvalue weighted by Gasteiger charge is 2.16. The molecule has 0 saturated heterocycles. The molecule has 1 atom stereocenters. The van der Waals surface area contributed by atoms with Gasteiger partial charge < -0.3 is 10.4 Å². The van der Waals surface area contributed by atoms with Crippen molar-refractivity contribution in [2.24, 2.45) is 0 Å². The van der Waals surface area contributed by atoms with Crippen LogP contribution in [0.4, 0.5) is 0 Å². The Kier molecular flexibility index (Phi) is 4.56. The molecule has 0 aliphatic heterocycles. The average Bonchev–Trinajstić information content (AvgIpc) is 2.48. The Morgan fingerprint density at radius 1 is 1.05 bits per heavy atom. The summed E-state index contributed by atoms with van der Waals surface area (Å²) in [5, 5.41) is 12.3. The van der Waals surface area contributed by atoms with E-state index in [1.807, 2.05) is 60.7 Å². The fourth-order valence-corrected chi connectivity index (χ4v) is 2.05. The Bertz CT molecular complexity index is 578. The van der Waals surface area contributed by atoms with Crippen molar-refractivity contribution in [3.63, 3.8) is 0 Å². The van der Waals surface area contributed by atoms with Gasteiger partial charge in [0.15, 0.2) is 0 Å². The molecule has 0 unspecified atom stereocenters. The number of aliphatic carboxylic acids is 1. The first-order valence-electron chi connectivity index (χ1n) is 6.44. The van der Waals surface area contributed by atoms with Crippen molar-refractivity contribution in [1.82, 2.24) is 5.32 Å². The minimum atomic E-state index is -0.841. The fourth-order valence-electron chi connectivity index (χ4n) is 2.05. The predicted octanol–water partition coefficient (Wildman–Crippen LogP) is 3.46. The molecule has 0 aliphatic rings. The standard InChI is InChI=1S/C17H17NO2/c1-13(14-8-4-2-5-9-14)18-16(12-17(19)20)15-10-6-3-7-11-15/h2-11,16,18H,1,12H2,(H,19,20)/t16-/m1/s1. The van der Waals surface area contributed by atoms with Crippen LogP contribution in [0.15, 0.2) is 67.2 Å². The third-order valence-electron chi connectivity index (χ3n) is 3.05. The van der Waals surface area contributed by atoms with E-state index >= 15 is 0 Å². The monoisotopic (exact) mass is 267 g/mol. The predicted molar refractivity (Wildman–Crippen MR) is 80.0 cm³/mol. The van der Waals surface area contributed by atoms with Gasteiger partial charge in [-0.25, -0.2) is 0 Å². The van der Waals surface area contributed by atoms with E-state index in [1.54, 1.807) is 0 Å². The first-order chi connectivity index (χ1) is 9.66. The van der Waals surface area contributed by atoms with Crippen LogP contribution >= 0.6 is 0 Å². The van der Waals surface area contributed by atoms with Gasteiger partial charge in [0.05, 0.1) is 12.5 Å². The Labute approximate surface area is 118 Å². The number of hydrogen-bond donors (Lipinski definition) is 2. The van der Waals surface area contributed by atoms with E-state index in [0.29, 0.717) is 0 Å². The molecule has 20 heavy (non-hydrogen) atoms. The van der Waals surface area contributed by atoms with Crippen molar-refractivity contribution in [1.29, 1.82) is 0 Å². The second-order valence-corrected chi connectivity index (χ2v) is 4.55. The molecular weight excluding hydrogens is 250 g/mol. The van der Waals surface area contributed by atoms with Crippen molar-refractivity contribution < 1.29 is 9.90 Å². The molecule has 0 aromatic heterocycles. The molecule has 102 valence electrons. The summed E-state index contributed by atoms with van der Waals surface area (Å²) in [4.78, 5) is 11.0. The van der Waals surface area contributed by atoms with Gasteiger partial charge in [-0.1, -0.05) is 67.2 Å². The molecule has 0 bridgehead atoms. The van der Waals surface area contributed by atoms with Gasteiger partial charge in [-0.3, -0.25) is 4.79 Å². The number of nitrogens with one attached hydrogen (secondary N) is 1. The van der Waals surface area contributed by atoms with E-state index in [-0.39, 0.29) is 12.5 Å². The number of rotatable bonds is 6. The van der Waals surface area contributed by atoms with Crippen molar-refractivity contribution in [2.75, 3.05) is 0 Å². The molecular formula is C17H17NO2. The molecule has 2 rings (SSSR count). The molecule has 2 aromatic carbocycles. The lowest BCUT2D eigenvalue weighted by atomic mass is 10.0. The zero-order valence-corrected chi connectivity index (χ0v) is 11.1. The number of carboxylic acid groups (broad SMARTS) is 1. The maximum absolute atomic E-state index is 11.0. The molecule has 0 fully saturated rings. The lowest BCUT2D eigenvalue weighted by molar-refractivity contribution is -0.137. The molecule has 0 aliphatic carbocycles. The maximum Gasteiger partial charge on any atom is 0.305 e. The van der Waals surface area contributed by atoms with Gasteiger partial charge in [0, 0.05) is 5.70 Å². The van der Waals surface area contributed by atoms with Gasteiger partial charge in [-0.05, 0) is 11.1 Å². The SMILES string of the molecule is C=C(N[C@H](CC(=O)O)c1ccccc1)c1ccccc1. The lowest BCUT2D eigenvalue weighted by Gasteiger charge is -2.20. The summed E-state index contributed by atoms with van der Waals surface area (Å²) < 4.78 is 0. The van der Waals surface area contributed by atoms with Crippen LogP contribution < -0.4 is 5.32 Å². The molecule has 2 N–H and O–H groups in total. The van der Waals surface area contributed by atoms with Crippen molar-refractivity contribution in [2.45, 2.75) is 12.5 Å². The second kappa shape index (κ2) is 6.57. The lowest BCUT2D eigenvalue weighted by Crippen LogP contribution is -2.22. The normalized spacial score (nSPS) is 11.6. The zero-order chi connectivity index (χ0) is 14.4. The van der Waals surface area contributed by atoms with Crippen LogP contribution in [0.2, 0.25) is 0 Å². The first kappa shape index (κ1) is 13.9. The van der Waals surface area contributed by atoms with E-state index in [2.05, 4.69) is 11.9 Å². The van der Waals surface area contributed by atoms with Crippen LogP contribution in [0.3, 0.4) is 0 Å².